The maximum absolute atomic E-state index is 13.8. The van der Waals surface area contributed by atoms with E-state index in [4.69, 9.17) is 0 Å². The molecule has 0 fully saturated rings. The van der Waals surface area contributed by atoms with Crippen LogP contribution in [0.2, 0.25) is 0 Å². The summed E-state index contributed by atoms with van der Waals surface area (Å²) < 4.78 is 14.8. The van der Waals surface area contributed by atoms with Crippen LogP contribution in [0.5, 0.6) is 0 Å². The number of fused-ring (bicyclic) bond motifs is 1. The van der Waals surface area contributed by atoms with Gasteiger partial charge in [-0.05, 0) is 18.2 Å². The number of benzene rings is 2. The maximum Gasteiger partial charge on any atom is 0.311 e. The molecular formula is C16H12FNO2S. The van der Waals surface area contributed by atoms with E-state index in [0.717, 1.165) is 10.2 Å². The number of hydrogen-bond acceptors (Lipinski definition) is 3. The molecule has 0 aliphatic carbocycles. The Balaban J connectivity index is 1.96. The van der Waals surface area contributed by atoms with E-state index in [1.165, 1.54) is 23.5 Å². The molecule has 5 heteroatoms. The molecule has 21 heavy (non-hydrogen) atoms. The average Bonchev–Trinajstić information content (AvgIpc) is 2.88. The molecule has 1 unspecified atom stereocenters. The molecule has 0 spiro atoms. The van der Waals surface area contributed by atoms with Gasteiger partial charge in [0.2, 0.25) is 0 Å². The largest absolute Gasteiger partial charge is 0.481 e. The number of halogens is 1. The summed E-state index contributed by atoms with van der Waals surface area (Å²) in [6.45, 7) is 0. The number of hydrogen-bond donors (Lipinski definition) is 1. The Bertz CT molecular complexity index is 767. The fraction of sp³-hybridized carbons (Fsp3) is 0.125. The molecule has 0 bridgehead atoms. The molecule has 1 heterocycles. The number of aliphatic carboxylic acids is 1. The van der Waals surface area contributed by atoms with Gasteiger partial charge in [0.05, 0.1) is 21.1 Å². The molecule has 106 valence electrons. The molecule has 0 aliphatic heterocycles. The maximum atomic E-state index is 13.8. The van der Waals surface area contributed by atoms with Crippen LogP contribution in [0, 0.1) is 5.82 Å². The minimum absolute atomic E-state index is 0.190. The van der Waals surface area contributed by atoms with E-state index >= 15 is 0 Å². The quantitative estimate of drug-likeness (QED) is 0.796. The number of aromatic nitrogens is 1. The van der Waals surface area contributed by atoms with Crippen molar-refractivity contribution in [3.8, 4) is 0 Å². The van der Waals surface area contributed by atoms with Crippen molar-refractivity contribution < 1.29 is 14.3 Å². The zero-order valence-electron chi connectivity index (χ0n) is 11.0. The normalized spacial score (nSPS) is 12.4. The summed E-state index contributed by atoms with van der Waals surface area (Å²) in [5.41, 5.74) is 1.04. The van der Waals surface area contributed by atoms with Crippen molar-refractivity contribution in [3.63, 3.8) is 0 Å². The Morgan fingerprint density at radius 2 is 1.90 bits per heavy atom. The van der Waals surface area contributed by atoms with Crippen LogP contribution in [0.15, 0.2) is 48.5 Å². The zero-order valence-corrected chi connectivity index (χ0v) is 11.8. The van der Waals surface area contributed by atoms with E-state index in [2.05, 4.69) is 4.98 Å². The summed E-state index contributed by atoms with van der Waals surface area (Å²) in [4.78, 5) is 15.9. The first-order valence-electron chi connectivity index (χ1n) is 6.47. The average molecular weight is 301 g/mol. The van der Waals surface area contributed by atoms with E-state index < -0.39 is 17.7 Å². The van der Waals surface area contributed by atoms with Crippen LogP contribution >= 0.6 is 11.3 Å². The molecule has 2 aromatic carbocycles. The molecule has 0 radical (unpaired) electrons. The number of carboxylic acid groups (broad SMARTS) is 1. The fourth-order valence-electron chi connectivity index (χ4n) is 2.27. The van der Waals surface area contributed by atoms with Gasteiger partial charge < -0.3 is 5.11 Å². The lowest BCUT2D eigenvalue weighted by Crippen LogP contribution is -2.15. The van der Waals surface area contributed by atoms with E-state index in [1.54, 1.807) is 12.1 Å². The van der Waals surface area contributed by atoms with Crippen LogP contribution in [-0.4, -0.2) is 16.1 Å². The van der Waals surface area contributed by atoms with Crippen molar-refractivity contribution in [1.29, 1.82) is 0 Å². The van der Waals surface area contributed by atoms with Crippen LogP contribution in [-0.2, 0) is 11.2 Å². The number of para-hydroxylation sites is 1. The second-order valence-electron chi connectivity index (χ2n) is 4.69. The standard InChI is InChI=1S/C16H12FNO2S/c17-12-6-2-1-5-10(12)11(16(19)20)9-15-18-13-7-3-4-8-14(13)21-15/h1-8,11H,9H2,(H,19,20). The van der Waals surface area contributed by atoms with Gasteiger partial charge in [-0.15, -0.1) is 11.3 Å². The van der Waals surface area contributed by atoms with Crippen molar-refractivity contribution in [1.82, 2.24) is 4.98 Å². The first-order valence-corrected chi connectivity index (χ1v) is 7.28. The minimum atomic E-state index is -1.04. The fourth-order valence-corrected chi connectivity index (χ4v) is 3.28. The lowest BCUT2D eigenvalue weighted by molar-refractivity contribution is -0.138. The second-order valence-corrected chi connectivity index (χ2v) is 5.81. The minimum Gasteiger partial charge on any atom is -0.481 e. The molecule has 1 aromatic heterocycles. The Morgan fingerprint density at radius 1 is 1.19 bits per heavy atom. The predicted molar refractivity (Wildman–Crippen MR) is 80.1 cm³/mol. The van der Waals surface area contributed by atoms with Crippen molar-refractivity contribution >= 4 is 27.5 Å². The molecule has 0 amide bonds. The van der Waals surface area contributed by atoms with Gasteiger partial charge >= 0.3 is 5.97 Å². The second kappa shape index (κ2) is 5.61. The van der Waals surface area contributed by atoms with Gasteiger partial charge in [0.1, 0.15) is 5.82 Å². The van der Waals surface area contributed by atoms with Crippen LogP contribution < -0.4 is 0 Å². The summed E-state index contributed by atoms with van der Waals surface area (Å²) in [7, 11) is 0. The molecule has 1 atom stereocenters. The smallest absolute Gasteiger partial charge is 0.311 e. The highest BCUT2D eigenvalue weighted by molar-refractivity contribution is 7.18. The van der Waals surface area contributed by atoms with E-state index in [-0.39, 0.29) is 12.0 Å². The Kier molecular flexibility index (Phi) is 3.66. The third kappa shape index (κ3) is 2.78. The molecule has 3 rings (SSSR count). The first kappa shape index (κ1) is 13.7. The Morgan fingerprint density at radius 3 is 2.62 bits per heavy atom. The molecule has 1 N–H and O–H groups in total. The monoisotopic (exact) mass is 301 g/mol. The van der Waals surface area contributed by atoms with Gasteiger partial charge in [-0.3, -0.25) is 4.79 Å². The van der Waals surface area contributed by atoms with Crippen LogP contribution in [0.25, 0.3) is 10.2 Å². The van der Waals surface area contributed by atoms with Gasteiger partial charge in [0, 0.05) is 12.0 Å². The molecule has 3 nitrogen and oxygen atoms in total. The van der Waals surface area contributed by atoms with Gasteiger partial charge in [-0.1, -0.05) is 30.3 Å². The molecule has 0 aliphatic rings. The third-order valence-corrected chi connectivity index (χ3v) is 4.35. The summed E-state index contributed by atoms with van der Waals surface area (Å²) in [6.07, 6.45) is 0.190. The third-order valence-electron chi connectivity index (χ3n) is 3.30. The number of nitrogens with zero attached hydrogens (tertiary/aromatic N) is 1. The molecule has 0 saturated heterocycles. The van der Waals surface area contributed by atoms with Gasteiger partial charge in [0.25, 0.3) is 0 Å². The van der Waals surface area contributed by atoms with Gasteiger partial charge in [-0.25, -0.2) is 9.37 Å². The number of carboxylic acids is 1. The highest BCUT2D eigenvalue weighted by atomic mass is 32.1. The van der Waals surface area contributed by atoms with Crippen molar-refractivity contribution in [2.24, 2.45) is 0 Å². The van der Waals surface area contributed by atoms with Gasteiger partial charge in [-0.2, -0.15) is 0 Å². The number of rotatable bonds is 4. The van der Waals surface area contributed by atoms with E-state index in [0.29, 0.717) is 5.01 Å². The molecular weight excluding hydrogens is 289 g/mol. The summed E-state index contributed by atoms with van der Waals surface area (Å²) in [6, 6.07) is 13.6. The van der Waals surface area contributed by atoms with E-state index in [9.17, 15) is 14.3 Å². The van der Waals surface area contributed by atoms with E-state index in [1.807, 2.05) is 24.3 Å². The lowest BCUT2D eigenvalue weighted by Gasteiger charge is -2.11. The molecule has 0 saturated carbocycles. The topological polar surface area (TPSA) is 50.2 Å². The predicted octanol–water partition coefficient (Wildman–Crippen LogP) is 3.85. The SMILES string of the molecule is O=C(O)C(Cc1nc2ccccc2s1)c1ccccc1F. The van der Waals surface area contributed by atoms with Crippen LogP contribution in [0.1, 0.15) is 16.5 Å². The first-order chi connectivity index (χ1) is 10.1. The van der Waals surface area contributed by atoms with Crippen molar-refractivity contribution in [3.05, 3.63) is 64.9 Å². The highest BCUT2D eigenvalue weighted by Gasteiger charge is 2.24. The Labute approximate surface area is 124 Å². The summed E-state index contributed by atoms with van der Waals surface area (Å²) >= 11 is 1.45. The molecule has 3 aromatic rings. The number of thiazole rings is 1. The van der Waals surface area contributed by atoms with Crippen LogP contribution in [0.4, 0.5) is 4.39 Å². The highest BCUT2D eigenvalue weighted by Crippen LogP contribution is 2.28. The van der Waals surface area contributed by atoms with Crippen LogP contribution in [0.3, 0.4) is 0 Å². The summed E-state index contributed by atoms with van der Waals surface area (Å²) in [5.74, 6) is -2.46. The van der Waals surface area contributed by atoms with Crippen molar-refractivity contribution in [2.45, 2.75) is 12.3 Å². The zero-order chi connectivity index (χ0) is 14.8. The lowest BCUT2D eigenvalue weighted by atomic mass is 9.95. The van der Waals surface area contributed by atoms with Gasteiger partial charge in [0.15, 0.2) is 0 Å². The Hall–Kier alpha value is -2.27. The van der Waals surface area contributed by atoms with Crippen molar-refractivity contribution in [2.75, 3.05) is 0 Å². The number of carbonyl (C=O) groups is 1. The summed E-state index contributed by atoms with van der Waals surface area (Å²) in [5, 5.41) is 10.1.